The van der Waals surface area contributed by atoms with Gasteiger partial charge in [0.2, 0.25) is 0 Å². The molecule has 1 amide bonds. The molecule has 0 fully saturated rings. The van der Waals surface area contributed by atoms with Crippen LogP contribution in [0.4, 0.5) is 0 Å². The number of aliphatic hydroxyl groups excluding tert-OH is 2. The lowest BCUT2D eigenvalue weighted by Crippen LogP contribution is -2.35. The fourth-order valence-electron chi connectivity index (χ4n) is 1.27. The molecule has 5 nitrogen and oxygen atoms in total. The summed E-state index contributed by atoms with van der Waals surface area (Å²) >= 11 is 3.23. The van der Waals surface area contributed by atoms with Gasteiger partial charge in [-0.25, -0.2) is 0 Å². The zero-order valence-corrected chi connectivity index (χ0v) is 10.2. The first kappa shape index (κ1) is 13.1. The van der Waals surface area contributed by atoms with E-state index in [1.807, 2.05) is 0 Å². The molecule has 0 atom stereocenters. The van der Waals surface area contributed by atoms with E-state index in [1.165, 1.54) is 11.1 Å². The van der Waals surface area contributed by atoms with Gasteiger partial charge < -0.3 is 15.1 Å². The maximum absolute atomic E-state index is 11.9. The zero-order chi connectivity index (χ0) is 12.0. The Morgan fingerprint density at radius 1 is 1.31 bits per heavy atom. The molecule has 0 saturated heterocycles. The third-order valence-electron chi connectivity index (χ3n) is 1.98. The minimum atomic E-state index is -0.253. The van der Waals surface area contributed by atoms with Crippen molar-refractivity contribution in [1.82, 2.24) is 9.88 Å². The number of aromatic nitrogens is 1. The summed E-state index contributed by atoms with van der Waals surface area (Å²) < 4.78 is 0.714. The molecular weight excluding hydrogens is 276 g/mol. The van der Waals surface area contributed by atoms with Crippen molar-refractivity contribution in [3.63, 3.8) is 0 Å². The largest absolute Gasteiger partial charge is 0.395 e. The number of nitrogens with zero attached hydrogens (tertiary/aromatic N) is 2. The van der Waals surface area contributed by atoms with Crippen LogP contribution in [-0.2, 0) is 0 Å². The molecule has 6 heteroatoms. The number of aliphatic hydroxyl groups is 2. The quantitative estimate of drug-likeness (QED) is 0.816. The number of carbonyl (C=O) groups is 1. The van der Waals surface area contributed by atoms with Gasteiger partial charge in [0, 0.05) is 30.0 Å². The summed E-state index contributed by atoms with van der Waals surface area (Å²) in [6.07, 6.45) is 3.04. The fourth-order valence-corrected chi connectivity index (χ4v) is 1.63. The van der Waals surface area contributed by atoms with E-state index in [0.29, 0.717) is 10.0 Å². The highest BCUT2D eigenvalue weighted by molar-refractivity contribution is 9.10. The summed E-state index contributed by atoms with van der Waals surface area (Å²) in [5.41, 5.74) is 0.427. The van der Waals surface area contributed by atoms with Crippen LogP contribution in [0.5, 0.6) is 0 Å². The summed E-state index contributed by atoms with van der Waals surface area (Å²) in [4.78, 5) is 17.2. The van der Waals surface area contributed by atoms with Gasteiger partial charge in [-0.1, -0.05) is 0 Å². The second-order valence-corrected chi connectivity index (χ2v) is 4.05. The van der Waals surface area contributed by atoms with Crippen molar-refractivity contribution < 1.29 is 15.0 Å². The van der Waals surface area contributed by atoms with E-state index in [4.69, 9.17) is 10.2 Å². The predicted octanol–water partition coefficient (Wildman–Crippen LogP) is 0.271. The third kappa shape index (κ3) is 3.55. The molecule has 0 aromatic carbocycles. The average Bonchev–Trinajstić information content (AvgIpc) is 2.28. The molecule has 0 saturated carbocycles. The summed E-state index contributed by atoms with van der Waals surface area (Å²) in [6.45, 7) is 0.137. The van der Waals surface area contributed by atoms with Crippen LogP contribution in [0.15, 0.2) is 22.9 Å². The molecule has 0 radical (unpaired) electrons. The van der Waals surface area contributed by atoms with Gasteiger partial charge in [0.15, 0.2) is 0 Å². The van der Waals surface area contributed by atoms with Gasteiger partial charge in [-0.05, 0) is 22.0 Å². The SMILES string of the molecule is O=C(c1cncc(Br)c1)N(CCO)CCO. The molecule has 0 spiro atoms. The number of hydrogen-bond donors (Lipinski definition) is 2. The van der Waals surface area contributed by atoms with E-state index < -0.39 is 0 Å². The minimum absolute atomic E-state index is 0.132. The van der Waals surface area contributed by atoms with Crippen LogP contribution in [0.2, 0.25) is 0 Å². The molecule has 1 aromatic heterocycles. The molecule has 2 N–H and O–H groups in total. The Hall–Kier alpha value is -0.980. The van der Waals surface area contributed by atoms with Crippen LogP contribution in [0.1, 0.15) is 10.4 Å². The van der Waals surface area contributed by atoms with Crippen LogP contribution >= 0.6 is 15.9 Å². The first-order chi connectivity index (χ1) is 7.69. The van der Waals surface area contributed by atoms with Gasteiger partial charge in [0.1, 0.15) is 0 Å². The molecule has 0 aliphatic carbocycles. The predicted molar refractivity (Wildman–Crippen MR) is 62.0 cm³/mol. The Morgan fingerprint density at radius 2 is 1.94 bits per heavy atom. The summed E-state index contributed by atoms with van der Waals surface area (Å²) in [6, 6.07) is 1.65. The van der Waals surface area contributed by atoms with Crippen LogP contribution < -0.4 is 0 Å². The van der Waals surface area contributed by atoms with Gasteiger partial charge in [-0.3, -0.25) is 9.78 Å². The summed E-state index contributed by atoms with van der Waals surface area (Å²) in [7, 11) is 0. The number of pyridine rings is 1. The maximum Gasteiger partial charge on any atom is 0.255 e. The molecule has 0 bridgehead atoms. The van der Waals surface area contributed by atoms with E-state index in [9.17, 15) is 4.79 Å². The molecule has 0 aliphatic heterocycles. The summed E-state index contributed by atoms with van der Waals surface area (Å²) in [5, 5.41) is 17.6. The fraction of sp³-hybridized carbons (Fsp3) is 0.400. The number of halogens is 1. The van der Waals surface area contributed by atoms with E-state index >= 15 is 0 Å². The average molecular weight is 289 g/mol. The van der Waals surface area contributed by atoms with Crippen LogP contribution in [0, 0.1) is 0 Å². The normalized spacial score (nSPS) is 10.2. The van der Waals surface area contributed by atoms with Crippen molar-refractivity contribution >= 4 is 21.8 Å². The minimum Gasteiger partial charge on any atom is -0.395 e. The lowest BCUT2D eigenvalue weighted by Gasteiger charge is -2.20. The second kappa shape index (κ2) is 6.57. The third-order valence-corrected chi connectivity index (χ3v) is 2.41. The first-order valence-electron chi connectivity index (χ1n) is 4.80. The zero-order valence-electron chi connectivity index (χ0n) is 8.64. The Kier molecular flexibility index (Phi) is 5.37. The van der Waals surface area contributed by atoms with Crippen molar-refractivity contribution in [2.24, 2.45) is 0 Å². The van der Waals surface area contributed by atoms with Gasteiger partial charge in [0.05, 0.1) is 18.8 Å². The highest BCUT2D eigenvalue weighted by Crippen LogP contribution is 2.11. The van der Waals surface area contributed by atoms with Crippen LogP contribution in [-0.4, -0.2) is 52.3 Å². The van der Waals surface area contributed by atoms with Crippen LogP contribution in [0.25, 0.3) is 0 Å². The van der Waals surface area contributed by atoms with Crippen molar-refractivity contribution in [2.45, 2.75) is 0 Å². The lowest BCUT2D eigenvalue weighted by molar-refractivity contribution is 0.0684. The van der Waals surface area contributed by atoms with Crippen molar-refractivity contribution in [2.75, 3.05) is 26.3 Å². The van der Waals surface area contributed by atoms with Gasteiger partial charge in [-0.15, -0.1) is 0 Å². The number of rotatable bonds is 5. The second-order valence-electron chi connectivity index (χ2n) is 3.13. The van der Waals surface area contributed by atoms with E-state index in [1.54, 1.807) is 12.3 Å². The van der Waals surface area contributed by atoms with E-state index in [-0.39, 0.29) is 32.2 Å². The van der Waals surface area contributed by atoms with Crippen molar-refractivity contribution in [3.05, 3.63) is 28.5 Å². The summed E-state index contributed by atoms with van der Waals surface area (Å²) in [5.74, 6) is -0.253. The van der Waals surface area contributed by atoms with Crippen molar-refractivity contribution in [1.29, 1.82) is 0 Å². The van der Waals surface area contributed by atoms with E-state index in [0.717, 1.165) is 0 Å². The monoisotopic (exact) mass is 288 g/mol. The molecule has 1 heterocycles. The highest BCUT2D eigenvalue weighted by atomic mass is 79.9. The maximum atomic E-state index is 11.9. The van der Waals surface area contributed by atoms with Gasteiger partial charge in [-0.2, -0.15) is 0 Å². The smallest absolute Gasteiger partial charge is 0.255 e. The lowest BCUT2D eigenvalue weighted by atomic mass is 10.2. The number of carbonyl (C=O) groups excluding carboxylic acids is 1. The topological polar surface area (TPSA) is 73.7 Å². The Bertz CT molecular complexity index is 354. The van der Waals surface area contributed by atoms with Crippen molar-refractivity contribution in [3.8, 4) is 0 Å². The number of hydrogen-bond acceptors (Lipinski definition) is 4. The Balaban J connectivity index is 2.81. The molecule has 88 valence electrons. The Morgan fingerprint density at radius 3 is 2.44 bits per heavy atom. The molecular formula is C10H13BrN2O3. The molecule has 0 unspecified atom stereocenters. The standard InChI is InChI=1S/C10H13BrN2O3/c11-9-5-8(6-12-7-9)10(16)13(1-3-14)2-4-15/h5-7,14-15H,1-4H2. The molecule has 0 aliphatic rings. The molecule has 1 rings (SSSR count). The number of amides is 1. The molecule has 16 heavy (non-hydrogen) atoms. The highest BCUT2D eigenvalue weighted by Gasteiger charge is 2.15. The van der Waals surface area contributed by atoms with Crippen LogP contribution in [0.3, 0.4) is 0 Å². The molecule has 1 aromatic rings. The van der Waals surface area contributed by atoms with Gasteiger partial charge in [0.25, 0.3) is 5.91 Å². The Labute approximate surface area is 102 Å². The van der Waals surface area contributed by atoms with Gasteiger partial charge >= 0.3 is 0 Å². The first-order valence-corrected chi connectivity index (χ1v) is 5.60. The van der Waals surface area contributed by atoms with E-state index in [2.05, 4.69) is 20.9 Å².